The fraction of sp³-hybridized carbons (Fsp3) is 0.889. The molecule has 0 radical (unpaired) electrons. The van der Waals surface area contributed by atoms with Gasteiger partial charge in [-0.3, -0.25) is 14.9 Å². The topological polar surface area (TPSA) is 89.7 Å². The number of aliphatic hydroxyl groups is 1. The van der Waals surface area contributed by atoms with E-state index in [-0.39, 0.29) is 54.3 Å². The molecule has 0 aromatic rings. The van der Waals surface area contributed by atoms with Gasteiger partial charge in [0.25, 0.3) is 0 Å². The number of nitro groups is 1. The molecule has 15 heavy (non-hydrogen) atoms. The van der Waals surface area contributed by atoms with E-state index >= 15 is 0 Å². The number of hydrogen-bond donors (Lipinski definition) is 1. The highest BCUT2D eigenvalue weighted by Crippen LogP contribution is 2.44. The van der Waals surface area contributed by atoms with E-state index in [4.69, 9.17) is 9.84 Å². The van der Waals surface area contributed by atoms with Crippen LogP contribution in [0.1, 0.15) is 12.8 Å². The van der Waals surface area contributed by atoms with Gasteiger partial charge < -0.3 is 9.84 Å². The lowest BCUT2D eigenvalue weighted by atomic mass is 9.88. The summed E-state index contributed by atoms with van der Waals surface area (Å²) in [6.07, 6.45) is 0.616. The molecule has 1 saturated heterocycles. The van der Waals surface area contributed by atoms with Gasteiger partial charge in [-0.1, -0.05) is 0 Å². The first-order chi connectivity index (χ1) is 7.11. The molecule has 0 spiro atoms. The van der Waals surface area contributed by atoms with Gasteiger partial charge in [-0.2, -0.15) is 0 Å². The monoisotopic (exact) mass is 215 g/mol. The molecule has 1 aliphatic heterocycles. The van der Waals surface area contributed by atoms with Crippen LogP contribution < -0.4 is 0 Å². The molecule has 0 unspecified atom stereocenters. The van der Waals surface area contributed by atoms with Crippen LogP contribution in [0, 0.1) is 27.9 Å². The number of nitrogens with zero attached hydrogens (tertiary/aromatic N) is 1. The molecular weight excluding hydrogens is 202 g/mol. The van der Waals surface area contributed by atoms with Crippen molar-refractivity contribution in [3.8, 4) is 0 Å². The number of ether oxygens (including phenoxy) is 1. The van der Waals surface area contributed by atoms with Crippen molar-refractivity contribution < 1.29 is 19.6 Å². The van der Waals surface area contributed by atoms with Gasteiger partial charge in [0, 0.05) is 23.4 Å². The molecule has 2 aliphatic rings. The zero-order valence-electron chi connectivity index (χ0n) is 8.17. The summed E-state index contributed by atoms with van der Waals surface area (Å²) < 4.78 is 5.06. The van der Waals surface area contributed by atoms with Gasteiger partial charge in [0.05, 0.1) is 6.42 Å². The smallest absolute Gasteiger partial charge is 0.306 e. The lowest BCUT2D eigenvalue weighted by molar-refractivity contribution is -0.491. The summed E-state index contributed by atoms with van der Waals surface area (Å²) in [5.74, 6) is -0.658. The van der Waals surface area contributed by atoms with Crippen molar-refractivity contribution in [1.82, 2.24) is 0 Å². The Morgan fingerprint density at radius 2 is 2.33 bits per heavy atom. The van der Waals surface area contributed by atoms with Crippen LogP contribution >= 0.6 is 0 Å². The lowest BCUT2D eigenvalue weighted by Gasteiger charge is -2.16. The van der Waals surface area contributed by atoms with Crippen LogP contribution in [-0.4, -0.2) is 35.3 Å². The van der Waals surface area contributed by atoms with Gasteiger partial charge in [0.2, 0.25) is 6.54 Å². The van der Waals surface area contributed by atoms with E-state index in [1.165, 1.54) is 0 Å². The number of fused-ring (bicyclic) bond motifs is 1. The average molecular weight is 215 g/mol. The molecule has 2 rings (SSSR count). The molecule has 0 bridgehead atoms. The van der Waals surface area contributed by atoms with Crippen LogP contribution in [-0.2, 0) is 9.53 Å². The Balaban J connectivity index is 2.10. The maximum Gasteiger partial charge on any atom is 0.306 e. The number of carbonyl (C=O) groups is 1. The minimum atomic E-state index is -0.376. The van der Waals surface area contributed by atoms with Gasteiger partial charge >= 0.3 is 5.97 Å². The Hall–Kier alpha value is -1.17. The third-order valence-electron chi connectivity index (χ3n) is 3.45. The minimum absolute atomic E-state index is 0.0664. The first-order valence-corrected chi connectivity index (χ1v) is 5.04. The SMILES string of the molecule is O=C1C[C@H]2[C@H](C[N+](=O)[O-])[C@@H](CO)C[C@H]2O1. The highest BCUT2D eigenvalue weighted by molar-refractivity contribution is 5.72. The Labute approximate surface area is 86.4 Å². The Kier molecular flexibility index (Phi) is 2.60. The predicted octanol–water partition coefficient (Wildman–Crippen LogP) is -0.177. The normalized spacial score (nSPS) is 38.9. The first kappa shape index (κ1) is 10.4. The molecule has 6 heteroatoms. The molecule has 4 atom stereocenters. The highest BCUT2D eigenvalue weighted by atomic mass is 16.6. The summed E-state index contributed by atoms with van der Waals surface area (Å²) >= 11 is 0. The van der Waals surface area contributed by atoms with Crippen LogP contribution in [0.4, 0.5) is 0 Å². The fourth-order valence-corrected chi connectivity index (χ4v) is 2.77. The first-order valence-electron chi connectivity index (χ1n) is 5.04. The van der Waals surface area contributed by atoms with Crippen molar-refractivity contribution in [2.75, 3.05) is 13.2 Å². The molecule has 6 nitrogen and oxygen atoms in total. The Morgan fingerprint density at radius 1 is 1.60 bits per heavy atom. The minimum Gasteiger partial charge on any atom is -0.462 e. The summed E-state index contributed by atoms with van der Waals surface area (Å²) in [5, 5.41) is 19.6. The summed E-state index contributed by atoms with van der Waals surface area (Å²) in [7, 11) is 0. The van der Waals surface area contributed by atoms with Crippen molar-refractivity contribution in [3.63, 3.8) is 0 Å². The maximum atomic E-state index is 11.0. The van der Waals surface area contributed by atoms with E-state index in [2.05, 4.69) is 0 Å². The molecule has 1 saturated carbocycles. The van der Waals surface area contributed by atoms with Crippen LogP contribution in [0.2, 0.25) is 0 Å². The second kappa shape index (κ2) is 3.77. The highest BCUT2D eigenvalue weighted by Gasteiger charge is 2.51. The number of carbonyl (C=O) groups excluding carboxylic acids is 1. The van der Waals surface area contributed by atoms with Crippen molar-refractivity contribution >= 4 is 5.97 Å². The van der Waals surface area contributed by atoms with Crippen molar-refractivity contribution in [3.05, 3.63) is 10.1 Å². The van der Waals surface area contributed by atoms with Crippen molar-refractivity contribution in [2.24, 2.45) is 17.8 Å². The van der Waals surface area contributed by atoms with Gasteiger partial charge in [0.15, 0.2) is 0 Å². The summed E-state index contributed by atoms with van der Waals surface area (Å²) in [5.41, 5.74) is 0. The second-order valence-electron chi connectivity index (χ2n) is 4.25. The van der Waals surface area contributed by atoms with E-state index in [0.29, 0.717) is 6.42 Å². The molecule has 0 aromatic carbocycles. The van der Waals surface area contributed by atoms with Gasteiger partial charge in [0.1, 0.15) is 6.10 Å². The van der Waals surface area contributed by atoms with Crippen molar-refractivity contribution in [2.45, 2.75) is 18.9 Å². The van der Waals surface area contributed by atoms with Gasteiger partial charge in [-0.15, -0.1) is 0 Å². The Bertz CT molecular complexity index is 292. The van der Waals surface area contributed by atoms with E-state index in [1.807, 2.05) is 0 Å². The average Bonchev–Trinajstić information content (AvgIpc) is 2.63. The summed E-state index contributed by atoms with van der Waals surface area (Å²) in [6.45, 7) is -0.244. The molecule has 0 aromatic heterocycles. The molecular formula is C9H13NO5. The summed E-state index contributed by atoms with van der Waals surface area (Å²) in [6, 6.07) is 0. The van der Waals surface area contributed by atoms with Crippen LogP contribution in [0.25, 0.3) is 0 Å². The number of rotatable bonds is 3. The van der Waals surface area contributed by atoms with Gasteiger partial charge in [-0.25, -0.2) is 0 Å². The quantitative estimate of drug-likeness (QED) is 0.401. The third-order valence-corrected chi connectivity index (χ3v) is 3.45. The molecule has 84 valence electrons. The lowest BCUT2D eigenvalue weighted by Crippen LogP contribution is -2.26. The molecule has 1 N–H and O–H groups in total. The van der Waals surface area contributed by atoms with Gasteiger partial charge in [-0.05, 0) is 12.3 Å². The predicted molar refractivity (Wildman–Crippen MR) is 48.5 cm³/mol. The fourth-order valence-electron chi connectivity index (χ4n) is 2.77. The van der Waals surface area contributed by atoms with Crippen LogP contribution in [0.3, 0.4) is 0 Å². The summed E-state index contributed by atoms with van der Waals surface area (Å²) in [4.78, 5) is 21.1. The van der Waals surface area contributed by atoms with E-state index in [9.17, 15) is 14.9 Å². The number of esters is 1. The second-order valence-corrected chi connectivity index (χ2v) is 4.25. The molecule has 1 heterocycles. The number of hydrogen-bond acceptors (Lipinski definition) is 5. The molecule has 2 fully saturated rings. The number of aliphatic hydroxyl groups excluding tert-OH is 1. The molecule has 1 aliphatic carbocycles. The van der Waals surface area contributed by atoms with E-state index in [0.717, 1.165) is 0 Å². The Morgan fingerprint density at radius 3 is 2.93 bits per heavy atom. The zero-order valence-corrected chi connectivity index (χ0v) is 8.17. The molecule has 0 amide bonds. The van der Waals surface area contributed by atoms with Crippen molar-refractivity contribution in [1.29, 1.82) is 0 Å². The third kappa shape index (κ3) is 1.81. The largest absolute Gasteiger partial charge is 0.462 e. The van der Waals surface area contributed by atoms with E-state index < -0.39 is 0 Å². The van der Waals surface area contributed by atoms with E-state index in [1.54, 1.807) is 0 Å². The van der Waals surface area contributed by atoms with Crippen LogP contribution in [0.15, 0.2) is 0 Å². The maximum absolute atomic E-state index is 11.0. The zero-order chi connectivity index (χ0) is 11.0. The van der Waals surface area contributed by atoms with Crippen LogP contribution in [0.5, 0.6) is 0 Å². The standard InChI is InChI=1S/C9H13NO5/c11-4-5-1-8-6(2-9(12)15-8)7(5)3-10(13)14/h5-8,11H,1-4H2/t5-,6+,7-,8-/m1/s1.